The van der Waals surface area contributed by atoms with Gasteiger partial charge in [0.25, 0.3) is 5.91 Å². The second-order valence-electron chi connectivity index (χ2n) is 5.84. The van der Waals surface area contributed by atoms with Crippen LogP contribution in [0.25, 0.3) is 0 Å². The molecule has 0 aliphatic carbocycles. The van der Waals surface area contributed by atoms with Crippen LogP contribution in [-0.4, -0.2) is 18.3 Å². The van der Waals surface area contributed by atoms with Crippen LogP contribution < -0.4 is 10.1 Å². The number of rotatable bonds is 8. The van der Waals surface area contributed by atoms with Gasteiger partial charge in [0.15, 0.2) is 0 Å². The Morgan fingerprint density at radius 2 is 1.63 bits per heavy atom. The number of hydrogen-bond acceptors (Lipinski definition) is 3. The molecule has 3 nitrogen and oxygen atoms in total. The number of amides is 1. The van der Waals surface area contributed by atoms with E-state index in [1.807, 2.05) is 18.2 Å². The second-order valence-corrected chi connectivity index (χ2v) is 7.01. The van der Waals surface area contributed by atoms with Crippen LogP contribution >= 0.6 is 11.8 Å². The summed E-state index contributed by atoms with van der Waals surface area (Å²) in [5.41, 5.74) is 1.41. The summed E-state index contributed by atoms with van der Waals surface area (Å²) in [4.78, 5) is 13.4. The maximum atomic E-state index is 12.9. The molecule has 138 valence electrons. The zero-order valence-corrected chi connectivity index (χ0v) is 15.5. The molecule has 3 aromatic rings. The lowest BCUT2D eigenvalue weighted by atomic mass is 10.2. The molecule has 0 aromatic heterocycles. The Kier molecular flexibility index (Phi) is 6.88. The van der Waals surface area contributed by atoms with Crippen LogP contribution in [0.5, 0.6) is 5.75 Å². The normalized spacial score (nSPS) is 10.4. The largest absolute Gasteiger partial charge is 0.493 e. The van der Waals surface area contributed by atoms with Crippen LogP contribution in [0.3, 0.4) is 0 Å². The van der Waals surface area contributed by atoms with Gasteiger partial charge < -0.3 is 10.1 Å². The van der Waals surface area contributed by atoms with E-state index in [0.717, 1.165) is 17.1 Å². The molecule has 5 heteroatoms. The van der Waals surface area contributed by atoms with Gasteiger partial charge in [0, 0.05) is 22.8 Å². The third kappa shape index (κ3) is 6.15. The van der Waals surface area contributed by atoms with E-state index in [1.54, 1.807) is 48.2 Å². The molecule has 0 unspecified atom stereocenters. The molecule has 0 fully saturated rings. The van der Waals surface area contributed by atoms with Crippen LogP contribution in [0.2, 0.25) is 0 Å². The summed E-state index contributed by atoms with van der Waals surface area (Å²) in [6.07, 6.45) is 0. The Balaban J connectivity index is 1.42. The molecule has 0 heterocycles. The van der Waals surface area contributed by atoms with Crippen LogP contribution in [-0.2, 0) is 6.54 Å². The van der Waals surface area contributed by atoms with Crippen molar-refractivity contribution in [3.05, 3.63) is 95.8 Å². The van der Waals surface area contributed by atoms with E-state index < -0.39 is 0 Å². The molecule has 0 aliphatic heterocycles. The number of hydrogen-bond donors (Lipinski definition) is 1. The van der Waals surface area contributed by atoms with Crippen molar-refractivity contribution < 1.29 is 13.9 Å². The molecule has 1 N–H and O–H groups in total. The van der Waals surface area contributed by atoms with E-state index in [9.17, 15) is 9.18 Å². The summed E-state index contributed by atoms with van der Waals surface area (Å²) < 4.78 is 18.6. The standard InChI is InChI=1S/C22H20FNO2S/c23-19-10-6-17(7-11-19)16-24-22(25)18-8-12-20(13-9-18)26-14-15-27-21-4-2-1-3-5-21/h1-13H,14-16H2,(H,24,25). The molecule has 0 saturated carbocycles. The van der Waals surface area contributed by atoms with Gasteiger partial charge >= 0.3 is 0 Å². The first-order valence-corrected chi connectivity index (χ1v) is 9.62. The molecule has 27 heavy (non-hydrogen) atoms. The van der Waals surface area contributed by atoms with Gasteiger partial charge in [-0.1, -0.05) is 30.3 Å². The van der Waals surface area contributed by atoms with Crippen molar-refractivity contribution in [2.45, 2.75) is 11.4 Å². The molecule has 3 rings (SSSR count). The maximum Gasteiger partial charge on any atom is 0.251 e. The van der Waals surface area contributed by atoms with Gasteiger partial charge in [-0.05, 0) is 54.1 Å². The highest BCUT2D eigenvalue weighted by Crippen LogP contribution is 2.18. The van der Waals surface area contributed by atoms with Crippen molar-refractivity contribution in [1.82, 2.24) is 5.32 Å². The van der Waals surface area contributed by atoms with E-state index in [1.165, 1.54) is 17.0 Å². The highest BCUT2D eigenvalue weighted by molar-refractivity contribution is 7.99. The van der Waals surface area contributed by atoms with E-state index in [-0.39, 0.29) is 11.7 Å². The predicted octanol–water partition coefficient (Wildman–Crippen LogP) is 4.93. The monoisotopic (exact) mass is 381 g/mol. The fourth-order valence-corrected chi connectivity index (χ4v) is 3.18. The fraction of sp³-hybridized carbons (Fsp3) is 0.136. The van der Waals surface area contributed by atoms with Crippen LogP contribution in [0, 0.1) is 5.82 Å². The van der Waals surface area contributed by atoms with Crippen LogP contribution in [0.15, 0.2) is 83.8 Å². The SMILES string of the molecule is O=C(NCc1ccc(F)cc1)c1ccc(OCCSc2ccccc2)cc1. The lowest BCUT2D eigenvalue weighted by Gasteiger charge is -2.08. The Morgan fingerprint density at radius 1 is 0.926 bits per heavy atom. The number of carbonyl (C=O) groups excluding carboxylic acids is 1. The number of benzene rings is 3. The van der Waals surface area contributed by atoms with Gasteiger partial charge in [-0.15, -0.1) is 11.8 Å². The molecular weight excluding hydrogens is 361 g/mol. The number of nitrogens with one attached hydrogen (secondary N) is 1. The first-order chi connectivity index (χ1) is 13.2. The average Bonchev–Trinajstić information content (AvgIpc) is 2.72. The van der Waals surface area contributed by atoms with Gasteiger partial charge in [0.2, 0.25) is 0 Å². The molecule has 0 bridgehead atoms. The Bertz CT molecular complexity index is 852. The number of thioether (sulfide) groups is 1. The Hall–Kier alpha value is -2.79. The summed E-state index contributed by atoms with van der Waals surface area (Å²) in [6.45, 7) is 0.948. The predicted molar refractivity (Wildman–Crippen MR) is 107 cm³/mol. The van der Waals surface area contributed by atoms with Gasteiger partial charge in [-0.2, -0.15) is 0 Å². The van der Waals surface area contributed by atoms with E-state index in [2.05, 4.69) is 17.4 Å². The smallest absolute Gasteiger partial charge is 0.251 e. The van der Waals surface area contributed by atoms with Crippen LogP contribution in [0.1, 0.15) is 15.9 Å². The molecule has 0 spiro atoms. The number of ether oxygens (including phenoxy) is 1. The van der Waals surface area contributed by atoms with Crippen molar-refractivity contribution in [2.75, 3.05) is 12.4 Å². The molecule has 0 saturated heterocycles. The average molecular weight is 381 g/mol. The van der Waals surface area contributed by atoms with Gasteiger partial charge in [-0.25, -0.2) is 4.39 Å². The van der Waals surface area contributed by atoms with Gasteiger partial charge in [0.1, 0.15) is 11.6 Å². The first-order valence-electron chi connectivity index (χ1n) is 8.64. The van der Waals surface area contributed by atoms with Gasteiger partial charge in [-0.3, -0.25) is 4.79 Å². The molecule has 0 aliphatic rings. The highest BCUT2D eigenvalue weighted by atomic mass is 32.2. The Labute approximate surface area is 162 Å². The van der Waals surface area contributed by atoms with Crippen molar-refractivity contribution in [3.63, 3.8) is 0 Å². The summed E-state index contributed by atoms with van der Waals surface area (Å²) in [5, 5.41) is 2.82. The second kappa shape index (κ2) is 9.78. The first kappa shape index (κ1) is 19.0. The quantitative estimate of drug-likeness (QED) is 0.444. The van der Waals surface area contributed by atoms with E-state index in [0.29, 0.717) is 18.7 Å². The fourth-order valence-electron chi connectivity index (χ4n) is 2.42. The molecule has 0 radical (unpaired) electrons. The lowest BCUT2D eigenvalue weighted by Crippen LogP contribution is -2.22. The third-order valence-corrected chi connectivity index (χ3v) is 4.82. The molecular formula is C22H20FNO2S. The van der Waals surface area contributed by atoms with E-state index >= 15 is 0 Å². The highest BCUT2D eigenvalue weighted by Gasteiger charge is 2.06. The van der Waals surface area contributed by atoms with Crippen molar-refractivity contribution >= 4 is 17.7 Å². The molecule has 1 amide bonds. The van der Waals surface area contributed by atoms with Crippen molar-refractivity contribution in [1.29, 1.82) is 0 Å². The topological polar surface area (TPSA) is 38.3 Å². The summed E-state index contributed by atoms with van der Waals surface area (Å²) in [6, 6.07) is 23.3. The van der Waals surface area contributed by atoms with Crippen molar-refractivity contribution in [2.24, 2.45) is 0 Å². The Morgan fingerprint density at radius 3 is 2.33 bits per heavy atom. The molecule has 0 atom stereocenters. The number of halogens is 1. The van der Waals surface area contributed by atoms with E-state index in [4.69, 9.17) is 4.74 Å². The zero-order valence-electron chi connectivity index (χ0n) is 14.7. The zero-order chi connectivity index (χ0) is 18.9. The minimum Gasteiger partial charge on any atom is -0.493 e. The maximum absolute atomic E-state index is 12.9. The molecule has 3 aromatic carbocycles. The minimum absolute atomic E-state index is 0.175. The van der Waals surface area contributed by atoms with Crippen molar-refractivity contribution in [3.8, 4) is 5.75 Å². The van der Waals surface area contributed by atoms with Crippen LogP contribution in [0.4, 0.5) is 4.39 Å². The summed E-state index contributed by atoms with van der Waals surface area (Å²) >= 11 is 1.74. The summed E-state index contributed by atoms with van der Waals surface area (Å²) in [5.74, 6) is 1.12. The third-order valence-electron chi connectivity index (χ3n) is 3.85. The number of carbonyl (C=O) groups is 1. The summed E-state index contributed by atoms with van der Waals surface area (Å²) in [7, 11) is 0. The minimum atomic E-state index is -0.289. The lowest BCUT2D eigenvalue weighted by molar-refractivity contribution is 0.0951. The van der Waals surface area contributed by atoms with Gasteiger partial charge in [0.05, 0.1) is 6.61 Å².